The maximum absolute atomic E-state index is 13.1. The van der Waals surface area contributed by atoms with E-state index in [-0.39, 0.29) is 17.6 Å². The van der Waals surface area contributed by atoms with E-state index < -0.39 is 0 Å². The van der Waals surface area contributed by atoms with Crippen LogP contribution in [0.1, 0.15) is 62.9 Å². The predicted molar refractivity (Wildman–Crippen MR) is 146 cm³/mol. The number of carbonyl (C=O) groups excluding carboxylic acids is 2. The fourth-order valence-corrected chi connectivity index (χ4v) is 5.91. The van der Waals surface area contributed by atoms with Crippen molar-refractivity contribution in [3.63, 3.8) is 0 Å². The number of rotatable bonds is 6. The van der Waals surface area contributed by atoms with E-state index >= 15 is 0 Å². The summed E-state index contributed by atoms with van der Waals surface area (Å²) in [4.78, 5) is 35.5. The Balaban J connectivity index is 1.25. The summed E-state index contributed by atoms with van der Waals surface area (Å²) in [5.41, 5.74) is 5.90. The summed E-state index contributed by atoms with van der Waals surface area (Å²) in [6, 6.07) is 20.3. The Hall–Kier alpha value is -3.47. The number of hydrogen-bond donors (Lipinski definition) is 1. The Morgan fingerprint density at radius 1 is 0.917 bits per heavy atom. The molecule has 2 heterocycles. The molecule has 1 aliphatic heterocycles. The molecule has 1 aromatic heterocycles. The van der Waals surface area contributed by atoms with Crippen molar-refractivity contribution in [2.75, 3.05) is 11.4 Å². The molecule has 1 aliphatic carbocycles. The smallest absolute Gasteiger partial charge is 0.227 e. The van der Waals surface area contributed by atoms with E-state index in [9.17, 15) is 9.59 Å². The van der Waals surface area contributed by atoms with Crippen LogP contribution in [-0.4, -0.2) is 28.9 Å². The van der Waals surface area contributed by atoms with Gasteiger partial charge in [-0.2, -0.15) is 0 Å². The Kier molecular flexibility index (Phi) is 7.17. The molecule has 5 rings (SSSR count). The molecule has 2 aromatic carbocycles. The lowest BCUT2D eigenvalue weighted by Crippen LogP contribution is -2.25. The predicted octanol–water partition coefficient (Wildman–Crippen LogP) is 7.23. The average Bonchev–Trinajstić information content (AvgIpc) is 3.48. The van der Waals surface area contributed by atoms with Gasteiger partial charge in [-0.3, -0.25) is 14.6 Å². The van der Waals surface area contributed by atoms with Gasteiger partial charge >= 0.3 is 0 Å². The van der Waals surface area contributed by atoms with Gasteiger partial charge in [0.2, 0.25) is 5.91 Å². The zero-order valence-corrected chi connectivity index (χ0v) is 21.2. The van der Waals surface area contributed by atoms with Crippen molar-refractivity contribution in [3.05, 3.63) is 72.6 Å². The van der Waals surface area contributed by atoms with Gasteiger partial charge in [0.05, 0.1) is 11.4 Å². The molecule has 1 amide bonds. The molecule has 3 atom stereocenters. The van der Waals surface area contributed by atoms with Crippen molar-refractivity contribution >= 4 is 28.8 Å². The molecule has 1 saturated carbocycles. The van der Waals surface area contributed by atoms with Crippen LogP contribution in [0.25, 0.3) is 11.1 Å². The Morgan fingerprint density at radius 3 is 2.50 bits per heavy atom. The van der Waals surface area contributed by atoms with Gasteiger partial charge in [0.15, 0.2) is 5.78 Å². The van der Waals surface area contributed by atoms with Gasteiger partial charge < -0.3 is 9.88 Å². The van der Waals surface area contributed by atoms with Crippen LogP contribution in [0.5, 0.6) is 0 Å². The van der Waals surface area contributed by atoms with Crippen molar-refractivity contribution in [1.82, 2.24) is 4.98 Å². The fraction of sp³-hybridized carbons (Fsp3) is 0.387. The molecule has 1 N–H and O–H groups in total. The van der Waals surface area contributed by atoms with E-state index in [1.54, 1.807) is 0 Å². The number of ketones is 1. The molecule has 36 heavy (non-hydrogen) atoms. The summed E-state index contributed by atoms with van der Waals surface area (Å²) in [6.07, 6.45) is 7.47. The number of H-pyrrole nitrogens is 1. The highest BCUT2D eigenvalue weighted by Crippen LogP contribution is 2.39. The SMILES string of the molecule is CC(C)=Nc1ccc(-c2cccc(N3CC(C4CCCC(C(=O)c5ccc[nH]5)CC4)CC3=O)c2)cc1. The van der Waals surface area contributed by atoms with E-state index in [0.29, 0.717) is 18.3 Å². The summed E-state index contributed by atoms with van der Waals surface area (Å²) in [5, 5.41) is 0. The second-order valence-corrected chi connectivity index (χ2v) is 10.5. The number of hydrogen-bond acceptors (Lipinski definition) is 3. The summed E-state index contributed by atoms with van der Waals surface area (Å²) < 4.78 is 0. The molecule has 3 unspecified atom stereocenters. The zero-order valence-electron chi connectivity index (χ0n) is 21.2. The van der Waals surface area contributed by atoms with E-state index in [0.717, 1.165) is 72.6 Å². The van der Waals surface area contributed by atoms with Gasteiger partial charge in [0, 0.05) is 36.5 Å². The minimum atomic E-state index is 0.0943. The van der Waals surface area contributed by atoms with Gasteiger partial charge in [0.1, 0.15) is 0 Å². The second kappa shape index (κ2) is 10.7. The molecule has 3 aromatic rings. The summed E-state index contributed by atoms with van der Waals surface area (Å²) in [6.45, 7) is 4.76. The molecular weight excluding hydrogens is 446 g/mol. The topological polar surface area (TPSA) is 65.5 Å². The first kappa shape index (κ1) is 24.2. The molecule has 5 heteroatoms. The zero-order chi connectivity index (χ0) is 25.1. The van der Waals surface area contributed by atoms with Gasteiger partial charge in [-0.25, -0.2) is 0 Å². The molecule has 0 radical (unpaired) electrons. The van der Waals surface area contributed by atoms with Crippen LogP contribution >= 0.6 is 0 Å². The Labute approximate surface area is 213 Å². The van der Waals surface area contributed by atoms with E-state index in [4.69, 9.17) is 0 Å². The number of nitrogens with zero attached hydrogens (tertiary/aromatic N) is 2. The summed E-state index contributed by atoms with van der Waals surface area (Å²) in [7, 11) is 0. The number of carbonyl (C=O) groups is 2. The molecule has 0 bridgehead atoms. The highest BCUT2D eigenvalue weighted by atomic mass is 16.2. The van der Waals surface area contributed by atoms with Gasteiger partial charge in [-0.05, 0) is 92.5 Å². The number of aromatic amines is 1. The summed E-state index contributed by atoms with van der Waals surface area (Å²) in [5.74, 6) is 1.40. The normalized spacial score (nSPS) is 22.3. The first-order valence-electron chi connectivity index (χ1n) is 13.2. The van der Waals surface area contributed by atoms with Crippen LogP contribution in [0, 0.1) is 17.8 Å². The fourth-order valence-electron chi connectivity index (χ4n) is 5.91. The standard InChI is InChI=1S/C31H35N3O2/c1-21(2)33-27-15-13-23(14-16-27)25-8-4-9-28(18-25)34-20-26(19-30(34)35)22-6-3-7-24(12-11-22)31(36)29-10-5-17-32-29/h4-5,8-10,13-18,22,24,26,32H,3,6-7,11-12,19-20H2,1-2H3. The quantitative estimate of drug-likeness (QED) is 0.229. The minimum absolute atomic E-state index is 0.0943. The number of benzene rings is 2. The van der Waals surface area contributed by atoms with E-state index in [1.165, 1.54) is 0 Å². The molecule has 1 saturated heterocycles. The van der Waals surface area contributed by atoms with Crippen LogP contribution in [0.3, 0.4) is 0 Å². The lowest BCUT2D eigenvalue weighted by molar-refractivity contribution is -0.117. The van der Waals surface area contributed by atoms with Crippen LogP contribution < -0.4 is 4.90 Å². The third-order valence-corrected chi connectivity index (χ3v) is 7.78. The van der Waals surface area contributed by atoms with Crippen molar-refractivity contribution in [2.45, 2.75) is 52.4 Å². The lowest BCUT2D eigenvalue weighted by Gasteiger charge is -2.23. The van der Waals surface area contributed by atoms with Crippen LogP contribution in [0.4, 0.5) is 11.4 Å². The monoisotopic (exact) mass is 481 g/mol. The third-order valence-electron chi connectivity index (χ3n) is 7.78. The van der Waals surface area contributed by atoms with Crippen molar-refractivity contribution in [3.8, 4) is 11.1 Å². The maximum atomic E-state index is 13.1. The number of amides is 1. The molecule has 186 valence electrons. The average molecular weight is 482 g/mol. The van der Waals surface area contributed by atoms with Crippen molar-refractivity contribution in [2.24, 2.45) is 22.7 Å². The Morgan fingerprint density at radius 2 is 1.75 bits per heavy atom. The number of Topliss-reactive ketones (excluding diaryl/α,β-unsaturated/α-hetero) is 1. The highest BCUT2D eigenvalue weighted by molar-refractivity contribution is 5.97. The minimum Gasteiger partial charge on any atom is -0.359 e. The maximum Gasteiger partial charge on any atom is 0.227 e. The van der Waals surface area contributed by atoms with E-state index in [2.05, 4.69) is 34.2 Å². The third kappa shape index (κ3) is 5.35. The molecule has 2 fully saturated rings. The molecular formula is C31H35N3O2. The number of anilines is 1. The number of aromatic nitrogens is 1. The molecule has 0 spiro atoms. The molecule has 5 nitrogen and oxygen atoms in total. The lowest BCUT2D eigenvalue weighted by atomic mass is 9.85. The molecule has 2 aliphatic rings. The van der Waals surface area contributed by atoms with Gasteiger partial charge in [-0.1, -0.05) is 37.1 Å². The van der Waals surface area contributed by atoms with Crippen LogP contribution in [-0.2, 0) is 4.79 Å². The Bertz CT molecular complexity index is 1240. The van der Waals surface area contributed by atoms with Gasteiger partial charge in [-0.15, -0.1) is 0 Å². The highest BCUT2D eigenvalue weighted by Gasteiger charge is 2.37. The van der Waals surface area contributed by atoms with Crippen molar-refractivity contribution < 1.29 is 9.59 Å². The summed E-state index contributed by atoms with van der Waals surface area (Å²) >= 11 is 0. The van der Waals surface area contributed by atoms with Gasteiger partial charge in [0.25, 0.3) is 0 Å². The number of aliphatic imine (C=N–C) groups is 1. The van der Waals surface area contributed by atoms with Crippen molar-refractivity contribution in [1.29, 1.82) is 0 Å². The first-order valence-corrected chi connectivity index (χ1v) is 13.2. The number of nitrogens with one attached hydrogen (secondary N) is 1. The van der Waals surface area contributed by atoms with E-state index in [1.807, 2.05) is 61.3 Å². The second-order valence-electron chi connectivity index (χ2n) is 10.5. The first-order chi connectivity index (χ1) is 17.5. The van der Waals surface area contributed by atoms with Crippen LogP contribution in [0.2, 0.25) is 0 Å². The van der Waals surface area contributed by atoms with Crippen LogP contribution in [0.15, 0.2) is 71.9 Å². The largest absolute Gasteiger partial charge is 0.359 e.